The van der Waals surface area contributed by atoms with Gasteiger partial charge in [-0.3, -0.25) is 4.79 Å². The van der Waals surface area contributed by atoms with Gasteiger partial charge in [-0.15, -0.1) is 11.8 Å². The summed E-state index contributed by atoms with van der Waals surface area (Å²) < 4.78 is 11.3. The van der Waals surface area contributed by atoms with Crippen molar-refractivity contribution in [1.29, 1.82) is 0 Å². The predicted octanol–water partition coefficient (Wildman–Crippen LogP) is 4.79. The molecule has 148 valence electrons. The molecule has 1 aromatic heterocycles. The summed E-state index contributed by atoms with van der Waals surface area (Å²) in [5.74, 6) is 1.32. The molecule has 4 rings (SSSR count). The molecule has 29 heavy (non-hydrogen) atoms. The monoisotopic (exact) mass is 407 g/mol. The molecule has 7 heteroatoms. The molecule has 3 aromatic rings. The van der Waals surface area contributed by atoms with E-state index in [1.54, 1.807) is 54.5 Å². The first-order valence-corrected chi connectivity index (χ1v) is 10.5. The lowest BCUT2D eigenvalue weighted by atomic mass is 10.2. The van der Waals surface area contributed by atoms with Gasteiger partial charge in [0.1, 0.15) is 5.75 Å². The van der Waals surface area contributed by atoms with Crippen LogP contribution in [0.1, 0.15) is 23.2 Å². The van der Waals surface area contributed by atoms with Crippen LogP contribution in [0.15, 0.2) is 71.9 Å². The van der Waals surface area contributed by atoms with Gasteiger partial charge in [-0.25, -0.2) is 9.97 Å². The molecule has 1 fully saturated rings. The number of benzene rings is 2. The van der Waals surface area contributed by atoms with Crippen LogP contribution < -0.4 is 10.1 Å². The minimum absolute atomic E-state index is 0.138. The molecular weight excluding hydrogens is 386 g/mol. The third-order valence-electron chi connectivity index (χ3n) is 4.44. The summed E-state index contributed by atoms with van der Waals surface area (Å²) >= 11 is 1.67. The zero-order valence-electron chi connectivity index (χ0n) is 15.8. The van der Waals surface area contributed by atoms with E-state index in [9.17, 15) is 4.79 Å². The second-order valence-corrected chi connectivity index (χ2v) is 7.62. The van der Waals surface area contributed by atoms with Crippen LogP contribution in [0.3, 0.4) is 0 Å². The smallest absolute Gasteiger partial charge is 0.321 e. The summed E-state index contributed by atoms with van der Waals surface area (Å²) in [7, 11) is 0. The van der Waals surface area contributed by atoms with Crippen molar-refractivity contribution in [1.82, 2.24) is 9.97 Å². The molecule has 2 aromatic carbocycles. The molecule has 2 heterocycles. The number of carbonyl (C=O) groups is 1. The number of rotatable bonds is 7. The van der Waals surface area contributed by atoms with Crippen LogP contribution in [-0.4, -0.2) is 34.3 Å². The highest BCUT2D eigenvalue weighted by molar-refractivity contribution is 7.99. The van der Waals surface area contributed by atoms with E-state index in [0.29, 0.717) is 17.0 Å². The number of thioether (sulfide) groups is 1. The molecule has 0 aliphatic carbocycles. The average Bonchev–Trinajstić information content (AvgIpc) is 3.28. The van der Waals surface area contributed by atoms with Crippen LogP contribution >= 0.6 is 11.8 Å². The number of aromatic nitrogens is 2. The zero-order chi connectivity index (χ0) is 19.9. The van der Waals surface area contributed by atoms with Gasteiger partial charge in [-0.1, -0.05) is 12.1 Å². The number of ether oxygens (including phenoxy) is 2. The van der Waals surface area contributed by atoms with Gasteiger partial charge in [0.15, 0.2) is 0 Å². The van der Waals surface area contributed by atoms with Crippen molar-refractivity contribution in [2.24, 2.45) is 0 Å². The molecule has 0 saturated carbocycles. The first kappa shape index (κ1) is 19.4. The fourth-order valence-corrected chi connectivity index (χ4v) is 4.11. The van der Waals surface area contributed by atoms with E-state index in [1.807, 2.05) is 24.3 Å². The van der Waals surface area contributed by atoms with E-state index in [2.05, 4.69) is 15.3 Å². The number of carbonyl (C=O) groups excluding carboxylic acids is 1. The topological polar surface area (TPSA) is 73.3 Å². The lowest BCUT2D eigenvalue weighted by Crippen LogP contribution is -2.14. The maximum absolute atomic E-state index is 12.8. The van der Waals surface area contributed by atoms with Gasteiger partial charge >= 0.3 is 6.01 Å². The highest BCUT2D eigenvalue weighted by Crippen LogP contribution is 2.28. The van der Waals surface area contributed by atoms with E-state index in [1.165, 1.54) is 0 Å². The first-order chi connectivity index (χ1) is 14.3. The van der Waals surface area contributed by atoms with Crippen molar-refractivity contribution in [3.05, 3.63) is 72.6 Å². The lowest BCUT2D eigenvalue weighted by Gasteiger charge is -2.12. The summed E-state index contributed by atoms with van der Waals surface area (Å²) in [6.07, 6.45) is 5.71. The molecule has 1 aliphatic heterocycles. The van der Waals surface area contributed by atoms with E-state index in [0.717, 1.165) is 30.1 Å². The van der Waals surface area contributed by atoms with Crippen LogP contribution in [0.25, 0.3) is 0 Å². The number of amides is 1. The van der Waals surface area contributed by atoms with Gasteiger partial charge in [0.05, 0.1) is 11.7 Å². The van der Waals surface area contributed by atoms with Crippen molar-refractivity contribution in [2.45, 2.75) is 23.8 Å². The Morgan fingerprint density at radius 3 is 2.66 bits per heavy atom. The quantitative estimate of drug-likeness (QED) is 0.568. The summed E-state index contributed by atoms with van der Waals surface area (Å²) in [4.78, 5) is 21.8. The van der Waals surface area contributed by atoms with Gasteiger partial charge < -0.3 is 14.8 Å². The fourth-order valence-electron chi connectivity index (χ4n) is 2.99. The van der Waals surface area contributed by atoms with Crippen molar-refractivity contribution in [3.63, 3.8) is 0 Å². The zero-order valence-corrected chi connectivity index (χ0v) is 16.6. The molecule has 0 bridgehead atoms. The van der Waals surface area contributed by atoms with Gasteiger partial charge in [-0.2, -0.15) is 0 Å². The van der Waals surface area contributed by atoms with Crippen molar-refractivity contribution in [2.75, 3.05) is 17.7 Å². The van der Waals surface area contributed by atoms with Gasteiger partial charge in [0.25, 0.3) is 5.91 Å². The summed E-state index contributed by atoms with van der Waals surface area (Å²) in [5, 5.41) is 2.95. The number of anilines is 1. The number of hydrogen-bond acceptors (Lipinski definition) is 6. The molecule has 1 saturated heterocycles. The molecule has 1 unspecified atom stereocenters. The third-order valence-corrected chi connectivity index (χ3v) is 5.65. The molecule has 1 amide bonds. The molecule has 6 nitrogen and oxygen atoms in total. The SMILES string of the molecule is O=C(Nc1ccc(Oc2ncccn2)cc1)c1ccccc1SCC1CCCO1. The normalized spacial score (nSPS) is 15.8. The van der Waals surface area contributed by atoms with Crippen molar-refractivity contribution < 1.29 is 14.3 Å². The Morgan fingerprint density at radius 2 is 1.90 bits per heavy atom. The van der Waals surface area contributed by atoms with Crippen molar-refractivity contribution >= 4 is 23.4 Å². The second-order valence-electron chi connectivity index (χ2n) is 6.55. The molecule has 0 spiro atoms. The average molecular weight is 407 g/mol. The van der Waals surface area contributed by atoms with Crippen LogP contribution in [-0.2, 0) is 4.74 Å². The molecule has 1 atom stereocenters. The van der Waals surface area contributed by atoms with Crippen LogP contribution in [0.2, 0.25) is 0 Å². The highest BCUT2D eigenvalue weighted by atomic mass is 32.2. The van der Waals surface area contributed by atoms with Crippen LogP contribution in [0, 0.1) is 0 Å². The molecule has 0 radical (unpaired) electrons. The van der Waals surface area contributed by atoms with E-state index in [-0.39, 0.29) is 18.0 Å². The Morgan fingerprint density at radius 1 is 1.10 bits per heavy atom. The Labute approximate surface area is 173 Å². The highest BCUT2D eigenvalue weighted by Gasteiger charge is 2.18. The lowest BCUT2D eigenvalue weighted by molar-refractivity contribution is 0.102. The van der Waals surface area contributed by atoms with E-state index >= 15 is 0 Å². The second kappa shape index (κ2) is 9.54. The minimum atomic E-state index is -0.138. The van der Waals surface area contributed by atoms with Crippen LogP contribution in [0.4, 0.5) is 5.69 Å². The Balaban J connectivity index is 1.38. The summed E-state index contributed by atoms with van der Waals surface area (Å²) in [6, 6.07) is 16.8. The maximum Gasteiger partial charge on any atom is 0.321 e. The predicted molar refractivity (Wildman–Crippen MR) is 113 cm³/mol. The molecule has 1 aliphatic rings. The van der Waals surface area contributed by atoms with E-state index in [4.69, 9.17) is 9.47 Å². The Hall–Kier alpha value is -2.90. The first-order valence-electron chi connectivity index (χ1n) is 9.48. The van der Waals surface area contributed by atoms with Crippen LogP contribution in [0.5, 0.6) is 11.8 Å². The standard InChI is InChI=1S/C22H21N3O3S/c26-21(19-6-1-2-7-20(19)29-15-18-5-3-14-27-18)25-16-8-10-17(11-9-16)28-22-23-12-4-13-24-22/h1-2,4,6-13,18H,3,5,14-15H2,(H,25,26). The fraction of sp³-hybridized carbons (Fsp3) is 0.227. The van der Waals surface area contributed by atoms with Gasteiger partial charge in [-0.05, 0) is 55.3 Å². The number of hydrogen-bond donors (Lipinski definition) is 1. The largest absolute Gasteiger partial charge is 0.424 e. The Kier molecular flexibility index (Phi) is 6.38. The van der Waals surface area contributed by atoms with Crippen molar-refractivity contribution in [3.8, 4) is 11.8 Å². The number of nitrogens with one attached hydrogen (secondary N) is 1. The number of nitrogens with zero attached hydrogens (tertiary/aromatic N) is 2. The third kappa shape index (κ3) is 5.34. The molecular formula is C22H21N3O3S. The van der Waals surface area contributed by atoms with Gasteiger partial charge in [0, 0.05) is 35.3 Å². The van der Waals surface area contributed by atoms with Gasteiger partial charge in [0.2, 0.25) is 0 Å². The molecule has 1 N–H and O–H groups in total. The minimum Gasteiger partial charge on any atom is -0.424 e. The summed E-state index contributed by atoms with van der Waals surface area (Å²) in [6.45, 7) is 0.837. The Bertz CT molecular complexity index is 945. The van der Waals surface area contributed by atoms with E-state index < -0.39 is 0 Å². The maximum atomic E-state index is 12.8. The summed E-state index contributed by atoms with van der Waals surface area (Å²) in [5.41, 5.74) is 1.35.